The zero-order valence-electron chi connectivity index (χ0n) is 16.3. The number of piperazine rings is 1. The number of benzene rings is 2. The first-order chi connectivity index (χ1) is 13.4. The molecule has 1 unspecified atom stereocenters. The van der Waals surface area contributed by atoms with Crippen LogP contribution in [0.3, 0.4) is 0 Å². The van der Waals surface area contributed by atoms with Crippen LogP contribution in [0.5, 0.6) is 0 Å². The summed E-state index contributed by atoms with van der Waals surface area (Å²) in [4.78, 5) is -0.00628. The molecule has 0 radical (unpaired) electrons. The predicted octanol–water partition coefficient (Wildman–Crippen LogP) is 2.67. The molecule has 1 heterocycles. The molecular weight excluding hydrogens is 422 g/mol. The van der Waals surface area contributed by atoms with Gasteiger partial charge in [-0.2, -0.15) is 8.61 Å². The lowest BCUT2D eigenvalue weighted by molar-refractivity contribution is 0.212. The van der Waals surface area contributed by atoms with E-state index >= 15 is 0 Å². The maximum atomic E-state index is 13.4. The Morgan fingerprint density at radius 1 is 0.828 bits per heavy atom. The molecule has 158 valence electrons. The fourth-order valence-electron chi connectivity index (χ4n) is 3.55. The number of aryl methyl sites for hydroxylation is 2. The molecule has 0 saturated carbocycles. The van der Waals surface area contributed by atoms with E-state index in [9.17, 15) is 25.6 Å². The minimum absolute atomic E-state index is 0.00298. The maximum Gasteiger partial charge on any atom is 0.243 e. The Labute approximate surface area is 169 Å². The van der Waals surface area contributed by atoms with Gasteiger partial charge in [-0.1, -0.05) is 0 Å². The molecule has 1 aliphatic heterocycles. The Bertz CT molecular complexity index is 1150. The molecule has 0 aromatic heterocycles. The summed E-state index contributed by atoms with van der Waals surface area (Å²) in [6.07, 6.45) is 0. The number of nitrogens with zero attached hydrogens (tertiary/aromatic N) is 2. The number of rotatable bonds is 4. The highest BCUT2D eigenvalue weighted by molar-refractivity contribution is 7.89. The van der Waals surface area contributed by atoms with Crippen molar-refractivity contribution in [3.05, 3.63) is 59.2 Å². The molecule has 0 spiro atoms. The van der Waals surface area contributed by atoms with Crippen molar-refractivity contribution in [3.63, 3.8) is 0 Å². The van der Waals surface area contributed by atoms with Crippen LogP contribution < -0.4 is 0 Å². The van der Waals surface area contributed by atoms with E-state index in [-0.39, 0.29) is 40.6 Å². The molecule has 1 atom stereocenters. The molecule has 2 aromatic rings. The summed E-state index contributed by atoms with van der Waals surface area (Å²) in [6, 6.07) is 6.27. The van der Waals surface area contributed by atoms with Crippen molar-refractivity contribution in [1.29, 1.82) is 0 Å². The van der Waals surface area contributed by atoms with Gasteiger partial charge in [0.2, 0.25) is 20.0 Å². The van der Waals surface area contributed by atoms with Gasteiger partial charge >= 0.3 is 0 Å². The van der Waals surface area contributed by atoms with Crippen molar-refractivity contribution in [2.24, 2.45) is 0 Å². The highest BCUT2D eigenvalue weighted by Crippen LogP contribution is 2.28. The molecule has 0 amide bonds. The second-order valence-corrected chi connectivity index (χ2v) is 10.9. The lowest BCUT2D eigenvalue weighted by Gasteiger charge is -2.38. The minimum atomic E-state index is -3.91. The van der Waals surface area contributed by atoms with E-state index in [1.807, 2.05) is 0 Å². The van der Waals surface area contributed by atoms with Gasteiger partial charge in [0.15, 0.2) is 0 Å². The van der Waals surface area contributed by atoms with E-state index in [4.69, 9.17) is 0 Å². The predicted molar refractivity (Wildman–Crippen MR) is 104 cm³/mol. The summed E-state index contributed by atoms with van der Waals surface area (Å²) in [7, 11) is -7.80. The van der Waals surface area contributed by atoms with E-state index in [2.05, 4.69) is 0 Å². The van der Waals surface area contributed by atoms with E-state index < -0.39 is 37.7 Å². The van der Waals surface area contributed by atoms with Crippen LogP contribution in [0.25, 0.3) is 0 Å². The smallest absolute Gasteiger partial charge is 0.207 e. The van der Waals surface area contributed by atoms with Crippen LogP contribution in [0.15, 0.2) is 46.2 Å². The van der Waals surface area contributed by atoms with Gasteiger partial charge in [0.05, 0.1) is 9.79 Å². The number of halogens is 2. The summed E-state index contributed by atoms with van der Waals surface area (Å²) >= 11 is 0. The Morgan fingerprint density at radius 2 is 1.31 bits per heavy atom. The van der Waals surface area contributed by atoms with Gasteiger partial charge in [-0.15, -0.1) is 0 Å². The van der Waals surface area contributed by atoms with Crippen LogP contribution in [0.2, 0.25) is 0 Å². The first kappa shape index (κ1) is 21.8. The number of sulfonamides is 2. The molecule has 0 N–H and O–H groups in total. The van der Waals surface area contributed by atoms with Gasteiger partial charge in [0.25, 0.3) is 0 Å². The van der Waals surface area contributed by atoms with E-state index in [1.54, 1.807) is 6.92 Å². The molecule has 6 nitrogen and oxygen atoms in total. The molecule has 1 fully saturated rings. The fraction of sp³-hybridized carbons (Fsp3) is 0.368. The quantitative estimate of drug-likeness (QED) is 0.727. The van der Waals surface area contributed by atoms with Gasteiger partial charge in [-0.25, -0.2) is 25.6 Å². The average molecular weight is 445 g/mol. The molecule has 2 aromatic carbocycles. The SMILES string of the molecule is Cc1cc(F)ccc1S(=O)(=O)N1CCN(S(=O)(=O)c2ccc(F)cc2C)C(C)C1. The van der Waals surface area contributed by atoms with E-state index in [0.29, 0.717) is 0 Å². The van der Waals surface area contributed by atoms with Crippen molar-refractivity contribution in [1.82, 2.24) is 8.61 Å². The highest BCUT2D eigenvalue weighted by Gasteiger charge is 2.39. The summed E-state index contributed by atoms with van der Waals surface area (Å²) < 4.78 is 81.2. The van der Waals surface area contributed by atoms with Gasteiger partial charge in [0, 0.05) is 25.7 Å². The van der Waals surface area contributed by atoms with Gasteiger partial charge in [-0.05, 0) is 68.3 Å². The van der Waals surface area contributed by atoms with Crippen molar-refractivity contribution < 1.29 is 25.6 Å². The van der Waals surface area contributed by atoms with Crippen LogP contribution in [-0.4, -0.2) is 51.1 Å². The zero-order valence-corrected chi connectivity index (χ0v) is 17.9. The average Bonchev–Trinajstić information content (AvgIpc) is 2.60. The number of hydrogen-bond donors (Lipinski definition) is 0. The summed E-state index contributed by atoms with van der Waals surface area (Å²) in [5, 5.41) is 0. The third kappa shape index (κ3) is 4.07. The van der Waals surface area contributed by atoms with Crippen molar-refractivity contribution in [2.75, 3.05) is 19.6 Å². The molecular formula is C19H22F2N2O4S2. The molecule has 0 bridgehead atoms. The van der Waals surface area contributed by atoms with E-state index in [1.165, 1.54) is 34.6 Å². The summed E-state index contributed by atoms with van der Waals surface area (Å²) in [5.74, 6) is -1.06. The van der Waals surface area contributed by atoms with Crippen LogP contribution in [-0.2, 0) is 20.0 Å². The third-order valence-electron chi connectivity index (χ3n) is 5.01. The van der Waals surface area contributed by atoms with Crippen molar-refractivity contribution >= 4 is 20.0 Å². The minimum Gasteiger partial charge on any atom is -0.207 e. The molecule has 29 heavy (non-hydrogen) atoms. The second-order valence-electron chi connectivity index (χ2n) is 7.15. The molecule has 3 rings (SSSR count). The van der Waals surface area contributed by atoms with Crippen LogP contribution in [0.4, 0.5) is 8.78 Å². The highest BCUT2D eigenvalue weighted by atomic mass is 32.2. The second kappa shape index (κ2) is 7.75. The van der Waals surface area contributed by atoms with Gasteiger partial charge in [0.1, 0.15) is 11.6 Å². The van der Waals surface area contributed by atoms with Gasteiger partial charge in [-0.3, -0.25) is 0 Å². The van der Waals surface area contributed by atoms with E-state index in [0.717, 1.165) is 24.3 Å². The van der Waals surface area contributed by atoms with Crippen LogP contribution in [0.1, 0.15) is 18.1 Å². The Kier molecular flexibility index (Phi) is 5.83. The summed E-state index contributed by atoms with van der Waals surface area (Å²) in [6.45, 7) is 4.52. The van der Waals surface area contributed by atoms with Crippen LogP contribution in [0, 0.1) is 25.5 Å². The molecule has 1 aliphatic rings. The lowest BCUT2D eigenvalue weighted by atomic mass is 10.2. The third-order valence-corrected chi connectivity index (χ3v) is 9.21. The Balaban J connectivity index is 1.87. The first-order valence-corrected chi connectivity index (χ1v) is 11.9. The van der Waals surface area contributed by atoms with Gasteiger partial charge < -0.3 is 0 Å². The van der Waals surface area contributed by atoms with Crippen molar-refractivity contribution in [2.45, 2.75) is 36.6 Å². The standard InChI is InChI=1S/C19H22F2N2O4S2/c1-13-10-16(20)4-6-18(13)28(24,25)22-8-9-23(15(3)12-22)29(26,27)19-7-5-17(21)11-14(19)2/h4-7,10-11,15H,8-9,12H2,1-3H3. The Morgan fingerprint density at radius 3 is 1.76 bits per heavy atom. The number of hydrogen-bond acceptors (Lipinski definition) is 4. The summed E-state index contributed by atoms with van der Waals surface area (Å²) in [5.41, 5.74) is 0.573. The maximum absolute atomic E-state index is 13.4. The zero-order chi connectivity index (χ0) is 21.6. The first-order valence-electron chi connectivity index (χ1n) is 8.99. The van der Waals surface area contributed by atoms with Crippen molar-refractivity contribution in [3.8, 4) is 0 Å². The normalized spacial score (nSPS) is 19.4. The Hall–Kier alpha value is -1.88. The van der Waals surface area contributed by atoms with Crippen LogP contribution >= 0.6 is 0 Å². The molecule has 0 aliphatic carbocycles. The molecule has 10 heteroatoms. The largest absolute Gasteiger partial charge is 0.243 e. The fourth-order valence-corrected chi connectivity index (χ4v) is 7.09. The molecule has 1 saturated heterocycles. The monoisotopic (exact) mass is 444 g/mol. The topological polar surface area (TPSA) is 74.8 Å². The lowest BCUT2D eigenvalue weighted by Crippen LogP contribution is -2.55.